The minimum atomic E-state index is -0.582. The van der Waals surface area contributed by atoms with Crippen molar-refractivity contribution in [1.29, 1.82) is 0 Å². The van der Waals surface area contributed by atoms with Crippen LogP contribution in [-0.2, 0) is 9.59 Å². The van der Waals surface area contributed by atoms with Crippen molar-refractivity contribution in [2.75, 3.05) is 13.6 Å². The molecule has 2 atom stereocenters. The van der Waals surface area contributed by atoms with E-state index >= 15 is 0 Å². The molecule has 0 spiro atoms. The van der Waals surface area contributed by atoms with E-state index in [1.165, 1.54) is 0 Å². The first-order valence-electron chi connectivity index (χ1n) is 6.62. The molecule has 4 N–H and O–H groups in total. The zero-order valence-electron chi connectivity index (χ0n) is 11.6. The number of nitrogens with two attached hydrogens (primary N) is 1. The Kier molecular flexibility index (Phi) is 5.14. The third-order valence-corrected chi connectivity index (χ3v) is 3.63. The lowest BCUT2D eigenvalue weighted by atomic mass is 9.85. The summed E-state index contributed by atoms with van der Waals surface area (Å²) < 4.78 is 0. The van der Waals surface area contributed by atoms with Crippen LogP contribution in [0.2, 0.25) is 0 Å². The Morgan fingerprint density at radius 2 is 2.00 bits per heavy atom. The van der Waals surface area contributed by atoms with Gasteiger partial charge in [-0.3, -0.25) is 9.59 Å². The second kappa shape index (κ2) is 6.18. The van der Waals surface area contributed by atoms with Crippen LogP contribution in [0.1, 0.15) is 39.5 Å². The monoisotopic (exact) mass is 255 g/mol. The van der Waals surface area contributed by atoms with Crippen LogP contribution in [0.25, 0.3) is 0 Å². The van der Waals surface area contributed by atoms with Crippen molar-refractivity contribution in [1.82, 2.24) is 10.6 Å². The quantitative estimate of drug-likeness (QED) is 0.679. The molecule has 104 valence electrons. The molecule has 18 heavy (non-hydrogen) atoms. The predicted molar refractivity (Wildman–Crippen MR) is 70.8 cm³/mol. The molecule has 0 heterocycles. The Balaban J connectivity index is 2.43. The summed E-state index contributed by atoms with van der Waals surface area (Å²) in [6.07, 6.45) is 3.68. The van der Waals surface area contributed by atoms with E-state index in [1.54, 1.807) is 7.05 Å². The van der Waals surface area contributed by atoms with Gasteiger partial charge in [-0.05, 0) is 33.1 Å². The molecule has 1 rings (SSSR count). The summed E-state index contributed by atoms with van der Waals surface area (Å²) in [4.78, 5) is 23.6. The van der Waals surface area contributed by atoms with E-state index in [-0.39, 0.29) is 23.8 Å². The van der Waals surface area contributed by atoms with Gasteiger partial charge in [-0.2, -0.15) is 0 Å². The van der Waals surface area contributed by atoms with Crippen LogP contribution in [0.15, 0.2) is 0 Å². The Morgan fingerprint density at radius 1 is 1.33 bits per heavy atom. The highest BCUT2D eigenvalue weighted by Crippen LogP contribution is 2.23. The third kappa shape index (κ3) is 3.98. The molecule has 0 bridgehead atoms. The molecule has 2 unspecified atom stereocenters. The Morgan fingerprint density at radius 3 is 2.56 bits per heavy atom. The van der Waals surface area contributed by atoms with E-state index in [4.69, 9.17) is 5.73 Å². The molecule has 5 nitrogen and oxygen atoms in total. The standard InChI is InChI=1S/C13H25N3O2/c1-13(2,12(18)15-3)8-16-11(17)9-5-4-6-10(14)7-9/h9-10H,4-8,14H2,1-3H3,(H,15,18)(H,16,17). The average molecular weight is 255 g/mol. The second-order valence-corrected chi connectivity index (χ2v) is 5.80. The summed E-state index contributed by atoms with van der Waals surface area (Å²) in [6.45, 7) is 3.99. The fourth-order valence-electron chi connectivity index (χ4n) is 2.34. The number of carbonyl (C=O) groups excluding carboxylic acids is 2. The van der Waals surface area contributed by atoms with Gasteiger partial charge >= 0.3 is 0 Å². The van der Waals surface area contributed by atoms with E-state index in [0.717, 1.165) is 25.7 Å². The first-order valence-corrected chi connectivity index (χ1v) is 6.62. The molecule has 2 amide bonds. The van der Waals surface area contributed by atoms with Gasteiger partial charge in [-0.1, -0.05) is 6.42 Å². The van der Waals surface area contributed by atoms with Crippen LogP contribution in [0.4, 0.5) is 0 Å². The van der Waals surface area contributed by atoms with Gasteiger partial charge in [0.15, 0.2) is 0 Å². The molecule has 0 aromatic carbocycles. The normalized spacial score (nSPS) is 24.4. The van der Waals surface area contributed by atoms with E-state index < -0.39 is 5.41 Å². The van der Waals surface area contributed by atoms with E-state index in [0.29, 0.717) is 6.54 Å². The van der Waals surface area contributed by atoms with Crippen LogP contribution in [-0.4, -0.2) is 31.4 Å². The maximum absolute atomic E-state index is 12.0. The van der Waals surface area contributed by atoms with Gasteiger partial charge in [-0.15, -0.1) is 0 Å². The van der Waals surface area contributed by atoms with Crippen molar-refractivity contribution >= 4 is 11.8 Å². The number of amides is 2. The van der Waals surface area contributed by atoms with Gasteiger partial charge in [0.2, 0.25) is 11.8 Å². The third-order valence-electron chi connectivity index (χ3n) is 3.63. The van der Waals surface area contributed by atoms with Gasteiger partial charge in [0.25, 0.3) is 0 Å². The minimum Gasteiger partial charge on any atom is -0.359 e. The Bertz CT molecular complexity index is 315. The van der Waals surface area contributed by atoms with Crippen LogP contribution < -0.4 is 16.4 Å². The smallest absolute Gasteiger partial charge is 0.227 e. The average Bonchev–Trinajstić information content (AvgIpc) is 2.35. The van der Waals surface area contributed by atoms with Crippen molar-refractivity contribution < 1.29 is 9.59 Å². The highest BCUT2D eigenvalue weighted by atomic mass is 16.2. The minimum absolute atomic E-state index is 0.00855. The zero-order valence-corrected chi connectivity index (χ0v) is 11.6. The molecular weight excluding hydrogens is 230 g/mol. The van der Waals surface area contributed by atoms with Crippen molar-refractivity contribution in [3.63, 3.8) is 0 Å². The number of nitrogens with one attached hydrogen (secondary N) is 2. The summed E-state index contributed by atoms with van der Waals surface area (Å²) in [5, 5.41) is 5.48. The van der Waals surface area contributed by atoms with Gasteiger partial charge in [-0.25, -0.2) is 0 Å². The molecule has 0 aromatic rings. The topological polar surface area (TPSA) is 84.2 Å². The number of hydrogen-bond donors (Lipinski definition) is 3. The molecule has 1 aliphatic carbocycles. The maximum Gasteiger partial charge on any atom is 0.227 e. The van der Waals surface area contributed by atoms with E-state index in [2.05, 4.69) is 10.6 Å². The summed E-state index contributed by atoms with van der Waals surface area (Å²) >= 11 is 0. The van der Waals surface area contributed by atoms with Crippen LogP contribution in [0.5, 0.6) is 0 Å². The molecular formula is C13H25N3O2. The molecule has 1 fully saturated rings. The summed E-state index contributed by atoms with van der Waals surface area (Å²) in [5.74, 6) is -0.0282. The highest BCUT2D eigenvalue weighted by Gasteiger charge is 2.30. The zero-order chi connectivity index (χ0) is 13.8. The molecule has 0 radical (unpaired) electrons. The summed E-state index contributed by atoms with van der Waals surface area (Å²) in [6, 6.07) is 0.140. The maximum atomic E-state index is 12.0. The molecule has 0 aliphatic heterocycles. The van der Waals surface area contributed by atoms with Crippen LogP contribution >= 0.6 is 0 Å². The van der Waals surface area contributed by atoms with Gasteiger partial charge < -0.3 is 16.4 Å². The first kappa shape index (κ1) is 15.0. The lowest BCUT2D eigenvalue weighted by molar-refractivity contribution is -0.130. The summed E-state index contributed by atoms with van der Waals surface area (Å²) in [5.41, 5.74) is 5.29. The molecule has 1 saturated carbocycles. The second-order valence-electron chi connectivity index (χ2n) is 5.80. The predicted octanol–water partition coefficient (Wildman–Crippen LogP) is 0.392. The molecule has 5 heteroatoms. The largest absolute Gasteiger partial charge is 0.359 e. The SMILES string of the molecule is CNC(=O)C(C)(C)CNC(=O)C1CCCC(N)C1. The number of rotatable bonds is 4. The highest BCUT2D eigenvalue weighted by molar-refractivity contribution is 5.83. The van der Waals surface area contributed by atoms with Crippen LogP contribution in [0, 0.1) is 11.3 Å². The summed E-state index contributed by atoms with van der Waals surface area (Å²) in [7, 11) is 1.60. The van der Waals surface area contributed by atoms with Crippen molar-refractivity contribution in [2.24, 2.45) is 17.1 Å². The number of hydrogen-bond acceptors (Lipinski definition) is 3. The Hall–Kier alpha value is -1.10. The van der Waals surface area contributed by atoms with Crippen molar-refractivity contribution in [3.05, 3.63) is 0 Å². The lowest BCUT2D eigenvalue weighted by Crippen LogP contribution is -2.46. The number of carbonyl (C=O) groups is 2. The molecule has 1 aliphatic rings. The van der Waals surface area contributed by atoms with Gasteiger partial charge in [0.1, 0.15) is 0 Å². The first-order chi connectivity index (χ1) is 8.36. The molecule has 0 aromatic heterocycles. The van der Waals surface area contributed by atoms with Crippen molar-refractivity contribution in [2.45, 2.75) is 45.6 Å². The lowest BCUT2D eigenvalue weighted by Gasteiger charge is -2.28. The van der Waals surface area contributed by atoms with Crippen LogP contribution in [0.3, 0.4) is 0 Å². The van der Waals surface area contributed by atoms with E-state index in [9.17, 15) is 9.59 Å². The fourth-order valence-corrected chi connectivity index (χ4v) is 2.34. The molecule has 0 saturated heterocycles. The Labute approximate surface area is 109 Å². The fraction of sp³-hybridized carbons (Fsp3) is 0.846. The van der Waals surface area contributed by atoms with E-state index in [1.807, 2.05) is 13.8 Å². The van der Waals surface area contributed by atoms with Crippen molar-refractivity contribution in [3.8, 4) is 0 Å². The van der Waals surface area contributed by atoms with Gasteiger partial charge in [0.05, 0.1) is 5.41 Å². The van der Waals surface area contributed by atoms with Gasteiger partial charge in [0, 0.05) is 25.6 Å².